The van der Waals surface area contributed by atoms with Gasteiger partial charge in [0.1, 0.15) is 11.8 Å². The normalized spacial score (nSPS) is 12.1. The topological polar surface area (TPSA) is 185 Å². The maximum absolute atomic E-state index is 12.9. The predicted octanol–water partition coefficient (Wildman–Crippen LogP) is 2.41. The molecule has 11 heteroatoms. The molecule has 0 unspecified atom stereocenters. The van der Waals surface area contributed by atoms with Gasteiger partial charge in [-0.25, -0.2) is 9.59 Å². The molecule has 0 aliphatic rings. The number of aromatic nitrogens is 1. The SMILES string of the molecule is NN=C(N)Nc1ccc(C(=O)Oc2ccc3c(C(=O)N[C@@H](Cc4ccccc4)C(=O)O)c[nH]c3c2)cc1. The van der Waals surface area contributed by atoms with Gasteiger partial charge in [-0.15, -0.1) is 5.10 Å². The summed E-state index contributed by atoms with van der Waals surface area (Å²) in [4.78, 5) is 40.1. The fourth-order valence-electron chi connectivity index (χ4n) is 3.68. The number of hydrazone groups is 1. The van der Waals surface area contributed by atoms with Gasteiger partial charge in [-0.2, -0.15) is 0 Å². The van der Waals surface area contributed by atoms with Crippen LogP contribution in [0.25, 0.3) is 10.9 Å². The van der Waals surface area contributed by atoms with E-state index in [-0.39, 0.29) is 23.7 Å². The average Bonchev–Trinajstić information content (AvgIpc) is 3.32. The number of carbonyl (C=O) groups is 3. The van der Waals surface area contributed by atoms with Gasteiger partial charge < -0.3 is 37.0 Å². The van der Waals surface area contributed by atoms with Gasteiger partial charge in [0.2, 0.25) is 5.96 Å². The van der Waals surface area contributed by atoms with E-state index in [1.54, 1.807) is 66.7 Å². The Morgan fingerprint density at radius 3 is 2.43 bits per heavy atom. The summed E-state index contributed by atoms with van der Waals surface area (Å²) in [7, 11) is 0. The van der Waals surface area contributed by atoms with E-state index in [0.29, 0.717) is 22.2 Å². The first-order valence-electron chi connectivity index (χ1n) is 11.2. The van der Waals surface area contributed by atoms with Gasteiger partial charge in [0.15, 0.2) is 0 Å². The average molecular weight is 501 g/mol. The number of aromatic amines is 1. The zero-order valence-corrected chi connectivity index (χ0v) is 19.5. The van der Waals surface area contributed by atoms with Crippen molar-refractivity contribution in [2.75, 3.05) is 5.32 Å². The minimum atomic E-state index is -1.13. The van der Waals surface area contributed by atoms with Crippen LogP contribution in [-0.4, -0.2) is 39.9 Å². The Balaban J connectivity index is 1.44. The Bertz CT molecular complexity index is 1460. The van der Waals surface area contributed by atoms with Crippen LogP contribution in [0.4, 0.5) is 5.69 Å². The third-order valence-electron chi connectivity index (χ3n) is 5.53. The highest BCUT2D eigenvalue weighted by molar-refractivity contribution is 6.08. The van der Waals surface area contributed by atoms with Gasteiger partial charge in [0.05, 0.1) is 11.1 Å². The van der Waals surface area contributed by atoms with Gasteiger partial charge in [-0.1, -0.05) is 30.3 Å². The van der Waals surface area contributed by atoms with E-state index in [2.05, 4.69) is 20.7 Å². The predicted molar refractivity (Wildman–Crippen MR) is 138 cm³/mol. The number of benzene rings is 3. The maximum Gasteiger partial charge on any atom is 0.343 e. The molecule has 3 aromatic carbocycles. The Morgan fingerprint density at radius 1 is 1.03 bits per heavy atom. The number of fused-ring (bicyclic) bond motifs is 1. The summed E-state index contributed by atoms with van der Waals surface area (Å²) in [6.45, 7) is 0. The number of hydrogen-bond acceptors (Lipinski definition) is 6. The summed E-state index contributed by atoms with van der Waals surface area (Å²) in [5, 5.41) is 18.8. The number of rotatable bonds is 8. The quantitative estimate of drug-likeness (QED) is 0.0532. The monoisotopic (exact) mass is 500 g/mol. The van der Waals surface area contributed by atoms with Gasteiger partial charge in [-0.3, -0.25) is 4.79 Å². The number of ether oxygens (including phenoxy) is 1. The zero-order valence-electron chi connectivity index (χ0n) is 19.5. The van der Waals surface area contributed by atoms with E-state index in [0.717, 1.165) is 5.56 Å². The molecular weight excluding hydrogens is 476 g/mol. The summed E-state index contributed by atoms with van der Waals surface area (Å²) < 4.78 is 5.46. The summed E-state index contributed by atoms with van der Waals surface area (Å²) in [6.07, 6.45) is 1.63. The second kappa shape index (κ2) is 11.0. The van der Waals surface area contributed by atoms with Gasteiger partial charge >= 0.3 is 11.9 Å². The first kappa shape index (κ1) is 24.8. The molecule has 188 valence electrons. The lowest BCUT2D eigenvalue weighted by Crippen LogP contribution is -2.42. The molecule has 0 radical (unpaired) electrons. The van der Waals surface area contributed by atoms with Crippen LogP contribution in [0, 0.1) is 0 Å². The highest BCUT2D eigenvalue weighted by Gasteiger charge is 2.23. The largest absolute Gasteiger partial charge is 0.480 e. The first-order chi connectivity index (χ1) is 17.8. The molecule has 37 heavy (non-hydrogen) atoms. The van der Waals surface area contributed by atoms with Crippen molar-refractivity contribution in [3.63, 3.8) is 0 Å². The lowest BCUT2D eigenvalue weighted by molar-refractivity contribution is -0.139. The fourth-order valence-corrected chi connectivity index (χ4v) is 3.68. The van der Waals surface area contributed by atoms with Gasteiger partial charge in [-0.05, 0) is 42.0 Å². The summed E-state index contributed by atoms with van der Waals surface area (Å²) in [5.41, 5.74) is 8.01. The number of nitrogens with one attached hydrogen (secondary N) is 3. The van der Waals surface area contributed by atoms with Gasteiger partial charge in [0, 0.05) is 35.3 Å². The number of anilines is 1. The summed E-state index contributed by atoms with van der Waals surface area (Å²) in [5.74, 6) is 3.12. The molecule has 0 aliphatic heterocycles. The molecule has 1 atom stereocenters. The number of carboxylic acids is 1. The van der Waals surface area contributed by atoms with E-state index >= 15 is 0 Å². The Hall–Kier alpha value is -5.32. The van der Waals surface area contributed by atoms with Crippen LogP contribution < -0.4 is 26.9 Å². The molecule has 0 aliphatic carbocycles. The maximum atomic E-state index is 12.9. The van der Waals surface area contributed by atoms with Crippen LogP contribution in [0.15, 0.2) is 84.1 Å². The van der Waals surface area contributed by atoms with Crippen LogP contribution in [0.2, 0.25) is 0 Å². The molecule has 0 saturated heterocycles. The van der Waals surface area contributed by atoms with Crippen LogP contribution >= 0.6 is 0 Å². The number of hydrogen-bond donors (Lipinski definition) is 6. The molecule has 1 aromatic heterocycles. The molecule has 11 nitrogen and oxygen atoms in total. The number of guanidine groups is 1. The minimum Gasteiger partial charge on any atom is -0.480 e. The van der Waals surface area contributed by atoms with Crippen LogP contribution in [0.3, 0.4) is 0 Å². The van der Waals surface area contributed by atoms with E-state index in [4.69, 9.17) is 16.3 Å². The Labute approximate surface area is 211 Å². The minimum absolute atomic E-state index is 0.0253. The third-order valence-corrected chi connectivity index (χ3v) is 5.53. The molecule has 0 fully saturated rings. The molecule has 8 N–H and O–H groups in total. The molecule has 0 bridgehead atoms. The van der Waals surface area contributed by atoms with Crippen molar-refractivity contribution < 1.29 is 24.2 Å². The molecule has 1 heterocycles. The number of H-pyrrole nitrogens is 1. The van der Waals surface area contributed by atoms with Gasteiger partial charge in [0.25, 0.3) is 5.91 Å². The molecule has 1 amide bonds. The number of nitrogens with zero attached hydrogens (tertiary/aromatic N) is 1. The Kier molecular flexibility index (Phi) is 7.34. The standard InChI is InChI=1S/C26H24N6O5/c27-26(32-28)30-17-8-6-16(7-9-17)25(36)37-18-10-11-19-20(14-29-21(19)13-18)23(33)31-22(24(34)35)12-15-4-2-1-3-5-15/h1-11,13-14,22,29H,12,28H2,(H,31,33)(H,34,35)(H3,27,30,32)/t22-/m0/s1. The number of carbonyl (C=O) groups excluding carboxylic acids is 2. The molecule has 4 rings (SSSR count). The second-order valence-corrected chi connectivity index (χ2v) is 8.07. The van der Waals surface area contributed by atoms with Crippen molar-refractivity contribution in [1.29, 1.82) is 0 Å². The van der Waals surface area contributed by atoms with Crippen molar-refractivity contribution in [1.82, 2.24) is 10.3 Å². The Morgan fingerprint density at radius 2 is 1.76 bits per heavy atom. The van der Waals surface area contributed by atoms with Crippen molar-refractivity contribution in [3.8, 4) is 5.75 Å². The first-order valence-corrected chi connectivity index (χ1v) is 11.2. The number of nitrogens with two attached hydrogens (primary N) is 2. The highest BCUT2D eigenvalue weighted by Crippen LogP contribution is 2.24. The molecule has 0 spiro atoms. The lowest BCUT2D eigenvalue weighted by Gasteiger charge is -2.14. The smallest absolute Gasteiger partial charge is 0.343 e. The molecular formula is C26H24N6O5. The molecule has 4 aromatic rings. The van der Waals surface area contributed by atoms with E-state index in [9.17, 15) is 19.5 Å². The zero-order chi connectivity index (χ0) is 26.4. The lowest BCUT2D eigenvalue weighted by atomic mass is 10.1. The number of esters is 1. The number of amides is 1. The van der Waals surface area contributed by atoms with E-state index in [1.807, 2.05) is 6.07 Å². The molecule has 0 saturated carbocycles. The van der Waals surface area contributed by atoms with Crippen molar-refractivity contribution in [3.05, 3.63) is 95.7 Å². The van der Waals surface area contributed by atoms with Crippen LogP contribution in [0.1, 0.15) is 26.3 Å². The number of carboxylic acid groups (broad SMARTS) is 1. The van der Waals surface area contributed by atoms with Crippen molar-refractivity contribution >= 4 is 40.4 Å². The second-order valence-electron chi connectivity index (χ2n) is 8.07. The van der Waals surface area contributed by atoms with Crippen LogP contribution in [-0.2, 0) is 11.2 Å². The fraction of sp³-hybridized carbons (Fsp3) is 0.0769. The highest BCUT2D eigenvalue weighted by atomic mass is 16.5. The van der Waals surface area contributed by atoms with Crippen molar-refractivity contribution in [2.24, 2.45) is 16.7 Å². The third kappa shape index (κ3) is 6.03. The van der Waals surface area contributed by atoms with Crippen molar-refractivity contribution in [2.45, 2.75) is 12.5 Å². The van der Waals surface area contributed by atoms with E-state index in [1.165, 1.54) is 6.20 Å². The summed E-state index contributed by atoms with van der Waals surface area (Å²) >= 11 is 0. The summed E-state index contributed by atoms with van der Waals surface area (Å²) in [6, 6.07) is 19.1. The van der Waals surface area contributed by atoms with E-state index < -0.39 is 23.9 Å². The van der Waals surface area contributed by atoms with Crippen LogP contribution in [0.5, 0.6) is 5.75 Å². The number of aliphatic carboxylic acids is 1.